The molecule has 1 aromatic carbocycles. The van der Waals surface area contributed by atoms with E-state index in [1.54, 1.807) is 30.6 Å². The number of anilines is 1. The number of sulfonamides is 1. The molecule has 106 valence electrons. The monoisotopic (exact) mass is 422 g/mol. The van der Waals surface area contributed by atoms with Gasteiger partial charge < -0.3 is 0 Å². The van der Waals surface area contributed by atoms with Crippen molar-refractivity contribution in [2.75, 3.05) is 10.5 Å². The van der Waals surface area contributed by atoms with Crippen LogP contribution in [0.15, 0.2) is 42.7 Å². The van der Waals surface area contributed by atoms with Gasteiger partial charge in [0.25, 0.3) is 0 Å². The summed E-state index contributed by atoms with van der Waals surface area (Å²) in [7, 11) is -3.39. The van der Waals surface area contributed by atoms with Crippen LogP contribution in [0.2, 0.25) is 5.02 Å². The molecule has 1 N–H and O–H groups in total. The minimum atomic E-state index is -3.39. The maximum atomic E-state index is 12.0. The Bertz CT molecular complexity index is 693. The summed E-state index contributed by atoms with van der Waals surface area (Å²) in [4.78, 5) is 3.90. The molecule has 0 aliphatic carbocycles. The lowest BCUT2D eigenvalue weighted by Crippen LogP contribution is -2.18. The SMILES string of the molecule is O=S(=O)(CCc1ccncc1)Nc1ccc(Cl)cc1I. The van der Waals surface area contributed by atoms with Gasteiger partial charge >= 0.3 is 0 Å². The molecular weight excluding hydrogens is 411 g/mol. The lowest BCUT2D eigenvalue weighted by Gasteiger charge is -2.10. The normalized spacial score (nSPS) is 11.3. The van der Waals surface area contributed by atoms with Gasteiger partial charge in [-0.1, -0.05) is 11.6 Å². The van der Waals surface area contributed by atoms with Crippen molar-refractivity contribution in [3.8, 4) is 0 Å². The average Bonchev–Trinajstić information content (AvgIpc) is 2.41. The highest BCUT2D eigenvalue weighted by Crippen LogP contribution is 2.23. The number of benzene rings is 1. The molecule has 0 radical (unpaired) electrons. The molecule has 1 heterocycles. The zero-order chi connectivity index (χ0) is 14.6. The molecule has 0 amide bonds. The van der Waals surface area contributed by atoms with Crippen LogP contribution in [-0.4, -0.2) is 19.2 Å². The van der Waals surface area contributed by atoms with Crippen molar-refractivity contribution in [2.45, 2.75) is 6.42 Å². The van der Waals surface area contributed by atoms with Crippen LogP contribution in [0.3, 0.4) is 0 Å². The molecule has 0 unspecified atom stereocenters. The van der Waals surface area contributed by atoms with Gasteiger partial charge in [0, 0.05) is 21.0 Å². The van der Waals surface area contributed by atoms with Gasteiger partial charge in [-0.3, -0.25) is 9.71 Å². The number of rotatable bonds is 5. The Balaban J connectivity index is 2.04. The fourth-order valence-electron chi connectivity index (χ4n) is 1.59. The van der Waals surface area contributed by atoms with E-state index in [4.69, 9.17) is 11.6 Å². The van der Waals surface area contributed by atoms with E-state index in [-0.39, 0.29) is 5.75 Å². The fourth-order valence-corrected chi connectivity index (χ4v) is 3.90. The molecule has 0 fully saturated rings. The molecule has 0 saturated heterocycles. The number of aromatic nitrogens is 1. The lowest BCUT2D eigenvalue weighted by atomic mass is 10.2. The largest absolute Gasteiger partial charge is 0.282 e. The van der Waals surface area contributed by atoms with Gasteiger partial charge in [-0.15, -0.1) is 0 Å². The molecule has 0 bridgehead atoms. The first-order valence-corrected chi connectivity index (χ1v) is 8.92. The van der Waals surface area contributed by atoms with Crippen LogP contribution in [0.5, 0.6) is 0 Å². The molecule has 2 rings (SSSR count). The summed E-state index contributed by atoms with van der Waals surface area (Å²) < 4.78 is 27.4. The first-order valence-electron chi connectivity index (χ1n) is 5.81. The van der Waals surface area contributed by atoms with Gasteiger partial charge in [-0.25, -0.2) is 8.42 Å². The van der Waals surface area contributed by atoms with Crippen LogP contribution in [0.25, 0.3) is 0 Å². The summed E-state index contributed by atoms with van der Waals surface area (Å²) in [5.74, 6) is 0.0235. The quantitative estimate of drug-likeness (QED) is 0.752. The standard InChI is InChI=1S/C13H12ClIN2O2S/c14-11-1-2-13(12(15)9-11)17-20(18,19)8-5-10-3-6-16-7-4-10/h1-4,6-7,9,17H,5,8H2. The Labute approximate surface area is 136 Å². The van der Waals surface area contributed by atoms with Crippen molar-refractivity contribution in [3.63, 3.8) is 0 Å². The predicted octanol–water partition coefficient (Wildman–Crippen LogP) is 3.32. The summed E-state index contributed by atoms with van der Waals surface area (Å²) in [6.07, 6.45) is 3.75. The maximum Gasteiger partial charge on any atom is 0.233 e. The third-order valence-corrected chi connectivity index (χ3v) is 5.01. The van der Waals surface area contributed by atoms with Crippen LogP contribution >= 0.6 is 34.2 Å². The van der Waals surface area contributed by atoms with Crippen LogP contribution < -0.4 is 4.72 Å². The van der Waals surface area contributed by atoms with E-state index in [2.05, 4.69) is 9.71 Å². The number of hydrogen-bond donors (Lipinski definition) is 1. The van der Waals surface area contributed by atoms with Gasteiger partial charge in [0.2, 0.25) is 10.0 Å². The fraction of sp³-hybridized carbons (Fsp3) is 0.154. The number of nitrogens with zero attached hydrogens (tertiary/aromatic N) is 1. The molecular formula is C13H12ClIN2O2S. The Hall–Kier alpha value is -0.860. The minimum Gasteiger partial charge on any atom is -0.282 e. The van der Waals surface area contributed by atoms with E-state index in [0.29, 0.717) is 17.1 Å². The molecule has 7 heteroatoms. The zero-order valence-electron chi connectivity index (χ0n) is 10.4. The summed E-state index contributed by atoms with van der Waals surface area (Å²) in [5, 5.41) is 0.578. The second-order valence-electron chi connectivity index (χ2n) is 4.15. The van der Waals surface area contributed by atoms with Crippen molar-refractivity contribution in [1.82, 2.24) is 4.98 Å². The second kappa shape index (κ2) is 6.73. The molecule has 0 saturated carbocycles. The van der Waals surface area contributed by atoms with Crippen LogP contribution in [-0.2, 0) is 16.4 Å². The van der Waals surface area contributed by atoms with E-state index in [1.165, 1.54) is 0 Å². The number of nitrogens with one attached hydrogen (secondary N) is 1. The van der Waals surface area contributed by atoms with E-state index in [0.717, 1.165) is 9.13 Å². The number of pyridine rings is 1. The predicted molar refractivity (Wildman–Crippen MR) is 89.5 cm³/mol. The van der Waals surface area contributed by atoms with Gasteiger partial charge in [0.1, 0.15) is 0 Å². The number of aryl methyl sites for hydroxylation is 1. The van der Waals surface area contributed by atoms with Gasteiger partial charge in [-0.05, 0) is 64.9 Å². The van der Waals surface area contributed by atoms with E-state index in [1.807, 2.05) is 34.7 Å². The topological polar surface area (TPSA) is 59.1 Å². The third-order valence-electron chi connectivity index (χ3n) is 2.61. The first kappa shape index (κ1) is 15.5. The summed E-state index contributed by atoms with van der Waals surface area (Å²) in [6.45, 7) is 0. The highest BCUT2D eigenvalue weighted by atomic mass is 127. The third kappa shape index (κ3) is 4.60. The van der Waals surface area contributed by atoms with Crippen molar-refractivity contribution < 1.29 is 8.42 Å². The molecule has 0 aliphatic rings. The Morgan fingerprint density at radius 3 is 2.55 bits per heavy atom. The lowest BCUT2D eigenvalue weighted by molar-refractivity contribution is 0.600. The molecule has 20 heavy (non-hydrogen) atoms. The van der Waals surface area contributed by atoms with Crippen molar-refractivity contribution in [2.24, 2.45) is 0 Å². The molecule has 0 spiro atoms. The Morgan fingerprint density at radius 2 is 1.90 bits per heavy atom. The molecule has 1 aromatic heterocycles. The van der Waals surface area contributed by atoms with Crippen molar-refractivity contribution >= 4 is 49.9 Å². The summed E-state index contributed by atoms with van der Waals surface area (Å²) in [5.41, 5.74) is 1.49. The van der Waals surface area contributed by atoms with Crippen LogP contribution in [0, 0.1) is 3.57 Å². The summed E-state index contributed by atoms with van der Waals surface area (Å²) >= 11 is 7.89. The minimum absolute atomic E-state index is 0.0235. The number of hydrogen-bond acceptors (Lipinski definition) is 3. The highest BCUT2D eigenvalue weighted by Gasteiger charge is 2.12. The first-order chi connectivity index (χ1) is 9.46. The van der Waals surface area contributed by atoms with Crippen molar-refractivity contribution in [3.05, 3.63) is 56.9 Å². The van der Waals surface area contributed by atoms with E-state index < -0.39 is 10.0 Å². The second-order valence-corrected chi connectivity index (χ2v) is 7.59. The van der Waals surface area contributed by atoms with Gasteiger partial charge in [-0.2, -0.15) is 0 Å². The Morgan fingerprint density at radius 1 is 1.20 bits per heavy atom. The molecule has 4 nitrogen and oxygen atoms in total. The number of halogens is 2. The van der Waals surface area contributed by atoms with E-state index in [9.17, 15) is 8.42 Å². The average molecular weight is 423 g/mol. The van der Waals surface area contributed by atoms with Gasteiger partial charge in [0.15, 0.2) is 0 Å². The van der Waals surface area contributed by atoms with Crippen molar-refractivity contribution in [1.29, 1.82) is 0 Å². The van der Waals surface area contributed by atoms with Crippen LogP contribution in [0.1, 0.15) is 5.56 Å². The smallest absolute Gasteiger partial charge is 0.233 e. The van der Waals surface area contributed by atoms with E-state index >= 15 is 0 Å². The van der Waals surface area contributed by atoms with Gasteiger partial charge in [0.05, 0.1) is 11.4 Å². The Kier molecular flexibility index (Phi) is 5.22. The summed E-state index contributed by atoms with van der Waals surface area (Å²) in [6, 6.07) is 8.64. The highest BCUT2D eigenvalue weighted by molar-refractivity contribution is 14.1. The zero-order valence-corrected chi connectivity index (χ0v) is 14.1. The van der Waals surface area contributed by atoms with Crippen LogP contribution in [0.4, 0.5) is 5.69 Å². The maximum absolute atomic E-state index is 12.0. The molecule has 0 aliphatic heterocycles. The molecule has 0 atom stereocenters. The molecule has 2 aromatic rings.